The molecule has 1 N–H and O–H groups in total. The van der Waals surface area contributed by atoms with Crippen molar-refractivity contribution in [2.75, 3.05) is 13.6 Å². The van der Waals surface area contributed by atoms with Crippen LogP contribution in [0.1, 0.15) is 29.3 Å². The van der Waals surface area contributed by atoms with Gasteiger partial charge in [0.1, 0.15) is 0 Å². The number of amides is 1. The fourth-order valence-electron chi connectivity index (χ4n) is 3.12. The molecule has 0 fully saturated rings. The average Bonchev–Trinajstić information content (AvgIpc) is 2.95. The zero-order chi connectivity index (χ0) is 15.5. The summed E-state index contributed by atoms with van der Waals surface area (Å²) >= 11 is 0. The first-order chi connectivity index (χ1) is 10.7. The summed E-state index contributed by atoms with van der Waals surface area (Å²) in [6.07, 6.45) is 2.29. The number of rotatable bonds is 4. The Kier molecular flexibility index (Phi) is 4.24. The van der Waals surface area contributed by atoms with Gasteiger partial charge < -0.3 is 5.32 Å². The van der Waals surface area contributed by atoms with E-state index in [0.717, 1.165) is 19.6 Å². The highest BCUT2D eigenvalue weighted by Crippen LogP contribution is 2.24. The number of nitrogens with one attached hydrogen (secondary N) is 1. The number of carbonyl (C=O) groups excluding carboxylic acids is 1. The van der Waals surface area contributed by atoms with Crippen LogP contribution < -0.4 is 5.32 Å². The predicted octanol–water partition coefficient (Wildman–Crippen LogP) is 1.88. The van der Waals surface area contributed by atoms with Gasteiger partial charge in [-0.15, -0.1) is 0 Å². The van der Waals surface area contributed by atoms with Crippen molar-refractivity contribution in [2.45, 2.75) is 32.5 Å². The fourth-order valence-corrected chi connectivity index (χ4v) is 3.12. The number of carbonyl (C=O) groups is 1. The third kappa shape index (κ3) is 3.20. The number of fused-ring (bicyclic) bond motifs is 1. The number of aromatic nitrogens is 2. The van der Waals surface area contributed by atoms with Gasteiger partial charge in [0.05, 0.1) is 18.2 Å². The average molecular weight is 298 g/mol. The van der Waals surface area contributed by atoms with Crippen LogP contribution >= 0.6 is 0 Å². The third-order valence-electron chi connectivity index (χ3n) is 4.14. The van der Waals surface area contributed by atoms with Gasteiger partial charge in [-0.2, -0.15) is 5.10 Å². The fraction of sp³-hybridized carbons (Fsp3) is 0.412. The van der Waals surface area contributed by atoms with E-state index in [1.807, 2.05) is 16.9 Å². The van der Waals surface area contributed by atoms with E-state index in [-0.39, 0.29) is 11.9 Å². The minimum atomic E-state index is 0.0591. The van der Waals surface area contributed by atoms with Gasteiger partial charge in [0, 0.05) is 32.9 Å². The molecule has 2 heterocycles. The first-order valence-electron chi connectivity index (χ1n) is 7.66. The van der Waals surface area contributed by atoms with Crippen molar-refractivity contribution in [3.63, 3.8) is 0 Å². The van der Waals surface area contributed by atoms with Crippen molar-refractivity contribution in [3.05, 3.63) is 53.3 Å². The first kappa shape index (κ1) is 14.8. The van der Waals surface area contributed by atoms with Crippen molar-refractivity contribution < 1.29 is 4.79 Å². The van der Waals surface area contributed by atoms with Gasteiger partial charge in [-0.1, -0.05) is 29.8 Å². The first-order valence-corrected chi connectivity index (χ1v) is 7.66. The molecule has 0 aliphatic carbocycles. The number of nitrogens with zero attached hydrogens (tertiary/aromatic N) is 3. The van der Waals surface area contributed by atoms with Gasteiger partial charge in [0.2, 0.25) is 5.91 Å². The molecule has 3 rings (SSSR count). The van der Waals surface area contributed by atoms with Gasteiger partial charge in [-0.3, -0.25) is 14.4 Å². The molecule has 1 aromatic heterocycles. The van der Waals surface area contributed by atoms with Gasteiger partial charge in [0.25, 0.3) is 0 Å². The molecule has 1 aliphatic heterocycles. The van der Waals surface area contributed by atoms with Gasteiger partial charge in [-0.25, -0.2) is 0 Å². The molecule has 1 amide bonds. The maximum absolute atomic E-state index is 11.8. The van der Waals surface area contributed by atoms with Crippen molar-refractivity contribution >= 4 is 5.91 Å². The molecule has 1 unspecified atom stereocenters. The lowest BCUT2D eigenvalue weighted by Crippen LogP contribution is -2.39. The summed E-state index contributed by atoms with van der Waals surface area (Å²) in [5.41, 5.74) is 3.76. The van der Waals surface area contributed by atoms with E-state index in [0.29, 0.717) is 6.42 Å². The lowest BCUT2D eigenvalue weighted by molar-refractivity contribution is -0.121. The lowest BCUT2D eigenvalue weighted by atomic mass is 10.1. The summed E-state index contributed by atoms with van der Waals surface area (Å²) in [5.74, 6) is 0.0591. The molecule has 1 aliphatic rings. The molecule has 2 aromatic rings. The van der Waals surface area contributed by atoms with Crippen molar-refractivity contribution in [3.8, 4) is 0 Å². The maximum atomic E-state index is 11.8. The molecule has 1 aromatic carbocycles. The van der Waals surface area contributed by atoms with E-state index in [9.17, 15) is 4.79 Å². The Labute approximate surface area is 130 Å². The highest BCUT2D eigenvalue weighted by Gasteiger charge is 2.27. The summed E-state index contributed by atoms with van der Waals surface area (Å²) in [5, 5.41) is 7.10. The second-order valence-corrected chi connectivity index (χ2v) is 5.96. The van der Waals surface area contributed by atoms with Crippen LogP contribution in [0.4, 0.5) is 0 Å². The smallest absolute Gasteiger partial charge is 0.221 e. The summed E-state index contributed by atoms with van der Waals surface area (Å²) in [6, 6.07) is 10.7. The van der Waals surface area contributed by atoms with E-state index in [2.05, 4.69) is 46.5 Å². The summed E-state index contributed by atoms with van der Waals surface area (Å²) < 4.78 is 2.00. The van der Waals surface area contributed by atoms with E-state index in [1.165, 1.54) is 16.8 Å². The van der Waals surface area contributed by atoms with Crippen molar-refractivity contribution in [2.24, 2.45) is 0 Å². The molecule has 1 atom stereocenters. The van der Waals surface area contributed by atoms with E-state index in [1.54, 1.807) is 7.05 Å². The zero-order valence-corrected chi connectivity index (χ0v) is 13.1. The van der Waals surface area contributed by atoms with E-state index in [4.69, 9.17) is 0 Å². The Morgan fingerprint density at radius 3 is 3.05 bits per heavy atom. The molecule has 22 heavy (non-hydrogen) atoms. The third-order valence-corrected chi connectivity index (χ3v) is 4.14. The number of hydrogen-bond donors (Lipinski definition) is 1. The van der Waals surface area contributed by atoms with Crippen molar-refractivity contribution in [1.82, 2.24) is 20.0 Å². The quantitative estimate of drug-likeness (QED) is 0.937. The lowest BCUT2D eigenvalue weighted by Gasteiger charge is -2.33. The predicted molar refractivity (Wildman–Crippen MR) is 85.2 cm³/mol. The molecular weight excluding hydrogens is 276 g/mol. The van der Waals surface area contributed by atoms with E-state index < -0.39 is 0 Å². The maximum Gasteiger partial charge on any atom is 0.221 e. The largest absolute Gasteiger partial charge is 0.359 e. The Bertz CT molecular complexity index is 664. The van der Waals surface area contributed by atoms with Gasteiger partial charge in [-0.05, 0) is 18.6 Å². The van der Waals surface area contributed by atoms with Crippen LogP contribution in [0.15, 0.2) is 36.5 Å². The summed E-state index contributed by atoms with van der Waals surface area (Å²) in [7, 11) is 1.68. The van der Waals surface area contributed by atoms with Crippen LogP contribution in [-0.2, 0) is 17.9 Å². The summed E-state index contributed by atoms with van der Waals surface area (Å²) in [6.45, 7) is 4.73. The Balaban J connectivity index is 1.76. The van der Waals surface area contributed by atoms with Crippen molar-refractivity contribution in [1.29, 1.82) is 0 Å². The molecular formula is C17H22N4O. The molecule has 0 spiro atoms. The summed E-state index contributed by atoms with van der Waals surface area (Å²) in [4.78, 5) is 14.1. The molecule has 0 radical (unpaired) electrons. The SMILES string of the molecule is CNC(=O)CC1CN(Cc2cccc(C)c2)Cc2ccnn21. The highest BCUT2D eigenvalue weighted by molar-refractivity contribution is 5.76. The molecule has 5 nitrogen and oxygen atoms in total. The molecule has 0 bridgehead atoms. The highest BCUT2D eigenvalue weighted by atomic mass is 16.1. The normalized spacial score (nSPS) is 18.0. The monoisotopic (exact) mass is 298 g/mol. The van der Waals surface area contributed by atoms with Gasteiger partial charge in [0.15, 0.2) is 0 Å². The van der Waals surface area contributed by atoms with E-state index >= 15 is 0 Å². The minimum Gasteiger partial charge on any atom is -0.359 e. The Hall–Kier alpha value is -2.14. The Morgan fingerprint density at radius 2 is 2.27 bits per heavy atom. The molecule has 5 heteroatoms. The number of aryl methyl sites for hydroxylation is 1. The van der Waals surface area contributed by atoms with Crippen LogP contribution in [0.5, 0.6) is 0 Å². The molecule has 0 saturated carbocycles. The topological polar surface area (TPSA) is 50.2 Å². The second-order valence-electron chi connectivity index (χ2n) is 5.96. The van der Waals surface area contributed by atoms with Crippen LogP contribution in [0.25, 0.3) is 0 Å². The van der Waals surface area contributed by atoms with Crippen LogP contribution in [0.3, 0.4) is 0 Å². The second kappa shape index (κ2) is 6.32. The minimum absolute atomic E-state index is 0.0591. The number of benzene rings is 1. The zero-order valence-electron chi connectivity index (χ0n) is 13.1. The van der Waals surface area contributed by atoms with Crippen LogP contribution in [-0.4, -0.2) is 34.2 Å². The number of hydrogen-bond acceptors (Lipinski definition) is 3. The molecule has 0 saturated heterocycles. The van der Waals surface area contributed by atoms with Crippen LogP contribution in [0.2, 0.25) is 0 Å². The Morgan fingerprint density at radius 1 is 1.41 bits per heavy atom. The van der Waals surface area contributed by atoms with Gasteiger partial charge >= 0.3 is 0 Å². The molecule has 116 valence electrons. The van der Waals surface area contributed by atoms with Crippen LogP contribution in [0, 0.1) is 6.92 Å². The standard InChI is InChI=1S/C17H22N4O/c1-13-4-3-5-14(8-13)10-20-11-15-6-7-19-21(15)16(12-20)9-17(22)18-2/h3-8,16H,9-12H2,1-2H3,(H,18,22).